The van der Waals surface area contributed by atoms with Crippen LogP contribution in [0.5, 0.6) is 0 Å². The molecule has 0 fully saturated rings. The maximum Gasteiger partial charge on any atom is 0.210 e. The second-order valence-corrected chi connectivity index (χ2v) is 4.24. The van der Waals surface area contributed by atoms with Gasteiger partial charge in [-0.25, -0.2) is 5.84 Å². The molecule has 2 rings (SSSR count). The minimum Gasteiger partial charge on any atom is -0.325 e. The zero-order chi connectivity index (χ0) is 12.1. The molecule has 4 nitrogen and oxygen atoms in total. The van der Waals surface area contributed by atoms with Crippen molar-refractivity contribution in [3.8, 4) is 0 Å². The first-order chi connectivity index (χ1) is 8.35. The molecule has 0 spiro atoms. The molecule has 1 aromatic carbocycles. The fraction of sp³-hybridized carbons (Fsp3) is 0.462. The molecule has 1 aromatic rings. The van der Waals surface area contributed by atoms with Gasteiger partial charge < -0.3 is 5.32 Å². The number of aryl methyl sites for hydroxylation is 1. The highest BCUT2D eigenvalue weighted by Crippen LogP contribution is 2.27. The van der Waals surface area contributed by atoms with Gasteiger partial charge in [-0.2, -0.15) is 0 Å². The number of aliphatic imine (C=N–C) groups is 1. The molecule has 17 heavy (non-hydrogen) atoms. The highest BCUT2D eigenvalue weighted by Gasteiger charge is 2.13. The van der Waals surface area contributed by atoms with Crippen molar-refractivity contribution < 1.29 is 0 Å². The number of anilines is 1. The molecule has 0 radical (unpaired) electrons. The predicted molar refractivity (Wildman–Crippen MR) is 72.0 cm³/mol. The zero-order valence-electron chi connectivity index (χ0n) is 10.3. The highest BCUT2D eigenvalue weighted by molar-refractivity contribution is 5.94. The molecule has 0 bridgehead atoms. The van der Waals surface area contributed by atoms with E-state index in [0.29, 0.717) is 12.5 Å². The zero-order valence-corrected chi connectivity index (χ0v) is 10.3. The average Bonchev–Trinajstić information content (AvgIpc) is 2.38. The highest BCUT2D eigenvalue weighted by atomic mass is 15.3. The summed E-state index contributed by atoms with van der Waals surface area (Å²) in [6, 6.07) is 6.39. The number of guanidine groups is 1. The van der Waals surface area contributed by atoms with Crippen LogP contribution in [0.1, 0.15) is 30.9 Å². The van der Waals surface area contributed by atoms with Crippen molar-refractivity contribution in [1.82, 2.24) is 5.43 Å². The topological polar surface area (TPSA) is 62.4 Å². The third-order valence-electron chi connectivity index (χ3n) is 3.10. The quantitative estimate of drug-likeness (QED) is 0.315. The standard InChI is InChI=1S/C13H20N4/c1-2-15-13(17-14)16-12-9-5-7-10-6-3-4-8-11(10)12/h5,7,9H,2-4,6,8,14H2,1H3,(H2,15,16,17). The van der Waals surface area contributed by atoms with Crippen LogP contribution in [0.4, 0.5) is 5.69 Å². The van der Waals surface area contributed by atoms with Crippen LogP contribution in [-0.2, 0) is 12.8 Å². The fourth-order valence-corrected chi connectivity index (χ4v) is 2.31. The van der Waals surface area contributed by atoms with Crippen molar-refractivity contribution in [2.24, 2.45) is 10.8 Å². The Morgan fingerprint density at radius 3 is 2.94 bits per heavy atom. The summed E-state index contributed by atoms with van der Waals surface area (Å²) in [5, 5.41) is 3.27. The van der Waals surface area contributed by atoms with Gasteiger partial charge in [0.05, 0.1) is 0 Å². The molecule has 0 saturated heterocycles. The second-order valence-electron chi connectivity index (χ2n) is 4.24. The van der Waals surface area contributed by atoms with Crippen molar-refractivity contribution in [3.05, 3.63) is 29.3 Å². The summed E-state index contributed by atoms with van der Waals surface area (Å²) in [4.78, 5) is 4.26. The van der Waals surface area contributed by atoms with E-state index in [1.54, 1.807) is 0 Å². The van der Waals surface area contributed by atoms with Gasteiger partial charge in [0.1, 0.15) is 0 Å². The van der Waals surface area contributed by atoms with Gasteiger partial charge >= 0.3 is 0 Å². The van der Waals surface area contributed by atoms with Crippen LogP contribution in [0.2, 0.25) is 0 Å². The predicted octanol–water partition coefficient (Wildman–Crippen LogP) is 1.82. The van der Waals surface area contributed by atoms with E-state index in [1.165, 1.54) is 30.4 Å². The molecule has 4 heteroatoms. The number of hydrazine groups is 1. The minimum absolute atomic E-state index is 0.631. The lowest BCUT2D eigenvalue weighted by molar-refractivity contribution is 0.687. The van der Waals surface area contributed by atoms with Gasteiger partial charge in [-0.3, -0.25) is 10.4 Å². The molecular weight excluding hydrogens is 212 g/mol. The molecule has 92 valence electrons. The molecule has 0 aromatic heterocycles. The first-order valence-corrected chi connectivity index (χ1v) is 6.24. The average molecular weight is 232 g/mol. The van der Waals surface area contributed by atoms with E-state index < -0.39 is 0 Å². The molecule has 0 heterocycles. The van der Waals surface area contributed by atoms with Gasteiger partial charge in [-0.15, -0.1) is 0 Å². The van der Waals surface area contributed by atoms with Crippen LogP contribution in [0, 0.1) is 0 Å². The third kappa shape index (κ3) is 2.77. The van der Waals surface area contributed by atoms with Gasteiger partial charge in [0.15, 0.2) is 0 Å². The molecule has 0 unspecified atom stereocenters. The Morgan fingerprint density at radius 2 is 2.18 bits per heavy atom. The number of hydrogen-bond donors (Lipinski definition) is 3. The molecule has 0 saturated carbocycles. The number of hydrogen-bond acceptors (Lipinski definition) is 2. The van der Waals surface area contributed by atoms with Crippen molar-refractivity contribution >= 4 is 11.6 Å². The summed E-state index contributed by atoms with van der Waals surface area (Å²) >= 11 is 0. The van der Waals surface area contributed by atoms with Gasteiger partial charge in [-0.1, -0.05) is 12.1 Å². The molecule has 4 N–H and O–H groups in total. The van der Waals surface area contributed by atoms with E-state index in [0.717, 1.165) is 12.1 Å². The number of rotatable bonds is 2. The molecular formula is C13H20N4. The maximum absolute atomic E-state index is 5.44. The Balaban J connectivity index is 2.23. The van der Waals surface area contributed by atoms with Gasteiger partial charge in [0.25, 0.3) is 0 Å². The summed E-state index contributed by atoms with van der Waals surface area (Å²) in [7, 11) is 0. The van der Waals surface area contributed by atoms with Crippen LogP contribution in [0.3, 0.4) is 0 Å². The molecule has 0 aliphatic heterocycles. The maximum atomic E-state index is 5.44. The number of nitrogens with one attached hydrogen (secondary N) is 2. The Labute approximate surface area is 102 Å². The summed E-state index contributed by atoms with van der Waals surface area (Å²) in [6.07, 6.45) is 4.88. The third-order valence-corrected chi connectivity index (χ3v) is 3.10. The Bertz CT molecular complexity index is 412. The largest absolute Gasteiger partial charge is 0.325 e. The van der Waals surface area contributed by atoms with E-state index in [1.807, 2.05) is 6.92 Å². The van der Waals surface area contributed by atoms with Crippen LogP contribution in [-0.4, -0.2) is 12.5 Å². The van der Waals surface area contributed by atoms with Crippen molar-refractivity contribution in [3.63, 3.8) is 0 Å². The van der Waals surface area contributed by atoms with Gasteiger partial charge in [0.2, 0.25) is 5.96 Å². The number of nitrogens with zero attached hydrogens (tertiary/aromatic N) is 1. The molecule has 0 amide bonds. The summed E-state index contributed by atoms with van der Waals surface area (Å²) in [6.45, 7) is 2.70. The van der Waals surface area contributed by atoms with E-state index in [9.17, 15) is 0 Å². The van der Waals surface area contributed by atoms with Crippen molar-refractivity contribution in [2.45, 2.75) is 32.6 Å². The van der Waals surface area contributed by atoms with Crippen molar-refractivity contribution in [2.75, 3.05) is 11.9 Å². The molecule has 1 aliphatic rings. The lowest BCUT2D eigenvalue weighted by atomic mass is 9.90. The summed E-state index contributed by atoms with van der Waals surface area (Å²) < 4.78 is 0. The first-order valence-electron chi connectivity index (χ1n) is 6.24. The van der Waals surface area contributed by atoms with Crippen LogP contribution in [0.25, 0.3) is 0 Å². The number of fused-ring (bicyclic) bond motifs is 1. The lowest BCUT2D eigenvalue weighted by Gasteiger charge is -2.20. The van der Waals surface area contributed by atoms with Crippen LogP contribution < -0.4 is 16.6 Å². The smallest absolute Gasteiger partial charge is 0.210 e. The summed E-state index contributed by atoms with van der Waals surface area (Å²) in [5.41, 5.74) is 6.60. The molecule has 1 aliphatic carbocycles. The van der Waals surface area contributed by atoms with E-state index >= 15 is 0 Å². The SMILES string of the molecule is CCN=C(NN)Nc1cccc2c1CCCC2. The Kier molecular flexibility index (Phi) is 3.98. The monoisotopic (exact) mass is 232 g/mol. The summed E-state index contributed by atoms with van der Waals surface area (Å²) in [5.74, 6) is 6.07. The number of nitrogens with two attached hydrogens (primary N) is 1. The normalized spacial score (nSPS) is 15.3. The molecule has 0 atom stereocenters. The van der Waals surface area contributed by atoms with E-state index in [2.05, 4.69) is 33.9 Å². The van der Waals surface area contributed by atoms with E-state index in [4.69, 9.17) is 5.84 Å². The van der Waals surface area contributed by atoms with Crippen molar-refractivity contribution in [1.29, 1.82) is 0 Å². The van der Waals surface area contributed by atoms with E-state index in [-0.39, 0.29) is 0 Å². The second kappa shape index (κ2) is 5.68. The van der Waals surface area contributed by atoms with Crippen LogP contribution in [0.15, 0.2) is 23.2 Å². The minimum atomic E-state index is 0.631. The Hall–Kier alpha value is -1.55. The van der Waals surface area contributed by atoms with Gasteiger partial charge in [0, 0.05) is 12.2 Å². The fourth-order valence-electron chi connectivity index (χ4n) is 2.31. The van der Waals surface area contributed by atoms with Crippen LogP contribution >= 0.6 is 0 Å². The number of benzene rings is 1. The first kappa shape index (κ1) is 11.9. The lowest BCUT2D eigenvalue weighted by Crippen LogP contribution is -2.36. The Morgan fingerprint density at radius 1 is 1.35 bits per heavy atom. The van der Waals surface area contributed by atoms with Gasteiger partial charge in [-0.05, 0) is 49.8 Å².